The molecule has 0 aliphatic rings. The lowest BCUT2D eigenvalue weighted by Crippen LogP contribution is -2.24. The normalized spacial score (nSPS) is 13.2. The van der Waals surface area contributed by atoms with Gasteiger partial charge in [-0.25, -0.2) is 4.98 Å². The van der Waals surface area contributed by atoms with Crippen LogP contribution in [0.15, 0.2) is 59.0 Å². The Labute approximate surface area is 180 Å². The van der Waals surface area contributed by atoms with Crippen LogP contribution in [-0.2, 0) is 28.6 Å². The summed E-state index contributed by atoms with van der Waals surface area (Å²) in [4.78, 5) is 4.57. The van der Waals surface area contributed by atoms with E-state index in [-0.39, 0.29) is 6.10 Å². The first-order valence-electron chi connectivity index (χ1n) is 10.3. The maximum atomic E-state index is 11.9. The largest absolute Gasteiger partial charge is 0.487 e. The highest BCUT2D eigenvalue weighted by molar-refractivity contribution is 7.84. The SMILES string of the molecule is CCO[C@@H](Cc1ccc(OCc2nc(-c3ccccc3)oc2C)cc1)CS(=O)CC. The Hall–Kier alpha value is -2.44. The van der Waals surface area contributed by atoms with E-state index in [0.29, 0.717) is 30.6 Å². The molecule has 0 saturated heterocycles. The van der Waals surface area contributed by atoms with Crippen molar-refractivity contribution in [2.45, 2.75) is 39.9 Å². The maximum Gasteiger partial charge on any atom is 0.226 e. The molecule has 3 aromatic rings. The number of aryl methyl sites for hydroxylation is 1. The molecule has 6 heteroatoms. The van der Waals surface area contributed by atoms with Crippen LogP contribution in [0.25, 0.3) is 11.5 Å². The Morgan fingerprint density at radius 1 is 1.07 bits per heavy atom. The van der Waals surface area contributed by atoms with Crippen LogP contribution in [0.1, 0.15) is 30.9 Å². The predicted octanol–water partition coefficient (Wildman–Crippen LogP) is 4.95. The molecule has 0 amide bonds. The Bertz CT molecular complexity index is 938. The summed E-state index contributed by atoms with van der Waals surface area (Å²) in [5.74, 6) is 3.36. The first-order valence-corrected chi connectivity index (χ1v) is 11.8. The average Bonchev–Trinajstić information content (AvgIpc) is 3.14. The van der Waals surface area contributed by atoms with Crippen molar-refractivity contribution in [3.8, 4) is 17.2 Å². The summed E-state index contributed by atoms with van der Waals surface area (Å²) in [6.45, 7) is 6.77. The van der Waals surface area contributed by atoms with E-state index in [2.05, 4.69) is 4.98 Å². The number of hydrogen-bond acceptors (Lipinski definition) is 5. The lowest BCUT2D eigenvalue weighted by molar-refractivity contribution is 0.0795. The van der Waals surface area contributed by atoms with Crippen molar-refractivity contribution < 1.29 is 18.1 Å². The summed E-state index contributed by atoms with van der Waals surface area (Å²) in [5, 5.41) is 0. The summed E-state index contributed by atoms with van der Waals surface area (Å²) in [6, 6.07) is 17.8. The van der Waals surface area contributed by atoms with E-state index in [0.717, 1.165) is 34.8 Å². The van der Waals surface area contributed by atoms with Crippen LogP contribution in [-0.4, -0.2) is 33.4 Å². The highest BCUT2D eigenvalue weighted by atomic mass is 32.2. The number of oxazole rings is 1. The second-order valence-electron chi connectivity index (χ2n) is 7.00. The third-order valence-corrected chi connectivity index (χ3v) is 6.16. The van der Waals surface area contributed by atoms with Crippen molar-refractivity contribution in [2.24, 2.45) is 0 Å². The Balaban J connectivity index is 1.58. The van der Waals surface area contributed by atoms with Crippen LogP contribution in [0.2, 0.25) is 0 Å². The highest BCUT2D eigenvalue weighted by Gasteiger charge is 2.14. The van der Waals surface area contributed by atoms with Gasteiger partial charge in [-0.15, -0.1) is 0 Å². The Morgan fingerprint density at radius 3 is 2.47 bits per heavy atom. The molecule has 5 nitrogen and oxygen atoms in total. The quantitative estimate of drug-likeness (QED) is 0.433. The van der Waals surface area contributed by atoms with E-state index in [9.17, 15) is 4.21 Å². The van der Waals surface area contributed by atoms with E-state index in [4.69, 9.17) is 13.9 Å². The van der Waals surface area contributed by atoms with Gasteiger partial charge in [0.1, 0.15) is 23.8 Å². The van der Waals surface area contributed by atoms with Gasteiger partial charge in [0.15, 0.2) is 0 Å². The number of hydrogen-bond donors (Lipinski definition) is 0. The molecule has 1 aromatic heterocycles. The van der Waals surface area contributed by atoms with Crippen molar-refractivity contribution in [1.82, 2.24) is 4.98 Å². The minimum atomic E-state index is -0.841. The fourth-order valence-corrected chi connectivity index (χ4v) is 3.99. The second kappa shape index (κ2) is 11.1. The first kappa shape index (κ1) is 22.2. The van der Waals surface area contributed by atoms with E-state index < -0.39 is 10.8 Å². The zero-order valence-corrected chi connectivity index (χ0v) is 18.6. The smallest absolute Gasteiger partial charge is 0.226 e. The van der Waals surface area contributed by atoms with Gasteiger partial charge in [-0.2, -0.15) is 0 Å². The van der Waals surface area contributed by atoms with E-state index in [1.165, 1.54) is 0 Å². The van der Waals surface area contributed by atoms with Gasteiger partial charge in [0.2, 0.25) is 5.89 Å². The fourth-order valence-electron chi connectivity index (χ4n) is 3.13. The van der Waals surface area contributed by atoms with Crippen molar-refractivity contribution in [3.63, 3.8) is 0 Å². The molecular formula is C24H29NO4S. The van der Waals surface area contributed by atoms with E-state index in [1.54, 1.807) is 0 Å². The summed E-state index contributed by atoms with van der Waals surface area (Å²) in [5.41, 5.74) is 2.87. The summed E-state index contributed by atoms with van der Waals surface area (Å²) < 4.78 is 29.3. The molecule has 0 saturated carbocycles. The molecule has 30 heavy (non-hydrogen) atoms. The fraction of sp³-hybridized carbons (Fsp3) is 0.375. The third-order valence-electron chi connectivity index (χ3n) is 4.77. The molecule has 0 spiro atoms. The van der Waals surface area contributed by atoms with Crippen LogP contribution in [0.4, 0.5) is 0 Å². The molecular weight excluding hydrogens is 398 g/mol. The summed E-state index contributed by atoms with van der Waals surface area (Å²) >= 11 is 0. The van der Waals surface area contributed by atoms with Gasteiger partial charge in [0.25, 0.3) is 0 Å². The van der Waals surface area contributed by atoms with Gasteiger partial charge in [0, 0.05) is 28.7 Å². The number of rotatable bonds is 11. The molecule has 0 radical (unpaired) electrons. The molecule has 0 aliphatic heterocycles. The summed E-state index contributed by atoms with van der Waals surface area (Å²) in [7, 11) is -0.841. The zero-order chi connectivity index (χ0) is 21.3. The van der Waals surface area contributed by atoms with Gasteiger partial charge in [-0.1, -0.05) is 37.3 Å². The van der Waals surface area contributed by atoms with Gasteiger partial charge in [-0.3, -0.25) is 4.21 Å². The maximum absolute atomic E-state index is 11.9. The van der Waals surface area contributed by atoms with Gasteiger partial charge >= 0.3 is 0 Å². The molecule has 160 valence electrons. The van der Waals surface area contributed by atoms with Crippen LogP contribution in [0, 0.1) is 6.92 Å². The number of ether oxygens (including phenoxy) is 2. The van der Waals surface area contributed by atoms with Crippen LogP contribution < -0.4 is 4.74 Å². The van der Waals surface area contributed by atoms with Crippen molar-refractivity contribution in [3.05, 3.63) is 71.6 Å². The Morgan fingerprint density at radius 2 is 1.80 bits per heavy atom. The monoisotopic (exact) mass is 427 g/mol. The lowest BCUT2D eigenvalue weighted by Gasteiger charge is -2.16. The Kier molecular flexibility index (Phi) is 8.22. The molecule has 2 atom stereocenters. The molecule has 0 fully saturated rings. The number of nitrogens with zero attached hydrogens (tertiary/aromatic N) is 1. The predicted molar refractivity (Wildman–Crippen MR) is 120 cm³/mol. The van der Waals surface area contributed by atoms with Crippen molar-refractivity contribution in [1.29, 1.82) is 0 Å². The molecule has 0 bridgehead atoms. The minimum absolute atomic E-state index is 0.0308. The van der Waals surface area contributed by atoms with Crippen molar-refractivity contribution >= 4 is 10.8 Å². The molecule has 3 rings (SSSR count). The molecule has 0 aliphatic carbocycles. The standard InChI is InChI=1S/C24H29NO4S/c1-4-27-22(17-30(26)5-2)15-19-11-13-21(14-12-19)28-16-23-18(3)29-24(25-23)20-9-7-6-8-10-20/h6-14,22H,4-5,15-17H2,1-3H3/t22-,30?/m0/s1. The van der Waals surface area contributed by atoms with E-state index >= 15 is 0 Å². The molecule has 1 unspecified atom stereocenters. The topological polar surface area (TPSA) is 61.6 Å². The van der Waals surface area contributed by atoms with Gasteiger partial charge < -0.3 is 13.9 Å². The van der Waals surface area contributed by atoms with Gasteiger partial charge in [-0.05, 0) is 50.1 Å². The summed E-state index contributed by atoms with van der Waals surface area (Å²) in [6.07, 6.45) is 0.708. The van der Waals surface area contributed by atoms with Crippen LogP contribution >= 0.6 is 0 Å². The average molecular weight is 428 g/mol. The molecule has 0 N–H and O–H groups in total. The molecule has 2 aromatic carbocycles. The first-order chi connectivity index (χ1) is 14.6. The zero-order valence-electron chi connectivity index (χ0n) is 17.8. The lowest BCUT2D eigenvalue weighted by atomic mass is 10.1. The number of aromatic nitrogens is 1. The minimum Gasteiger partial charge on any atom is -0.487 e. The molecule has 1 heterocycles. The third kappa shape index (κ3) is 6.28. The van der Waals surface area contributed by atoms with E-state index in [1.807, 2.05) is 75.4 Å². The van der Waals surface area contributed by atoms with Gasteiger partial charge in [0.05, 0.1) is 11.9 Å². The second-order valence-corrected chi connectivity index (χ2v) is 8.79. The number of benzene rings is 2. The van der Waals surface area contributed by atoms with Crippen LogP contribution in [0.5, 0.6) is 5.75 Å². The van der Waals surface area contributed by atoms with Crippen LogP contribution in [0.3, 0.4) is 0 Å². The van der Waals surface area contributed by atoms with Crippen molar-refractivity contribution in [2.75, 3.05) is 18.1 Å². The highest BCUT2D eigenvalue weighted by Crippen LogP contribution is 2.23.